The Labute approximate surface area is 129 Å². The number of halogens is 4. The maximum Gasteiger partial charge on any atom is 0.416 e. The van der Waals surface area contributed by atoms with Crippen LogP contribution in [0.15, 0.2) is 18.2 Å². The van der Waals surface area contributed by atoms with Crippen LogP contribution in [0.5, 0.6) is 0 Å². The van der Waals surface area contributed by atoms with Crippen molar-refractivity contribution in [3.8, 4) is 0 Å². The summed E-state index contributed by atoms with van der Waals surface area (Å²) in [6, 6.07) is 3.52. The van der Waals surface area contributed by atoms with Crippen LogP contribution in [-0.4, -0.2) is 6.04 Å². The molecule has 0 atom stereocenters. The molecule has 0 unspecified atom stereocenters. The number of anilines is 1. The molecule has 0 heterocycles. The van der Waals surface area contributed by atoms with Crippen LogP contribution in [0.3, 0.4) is 0 Å². The van der Waals surface area contributed by atoms with Gasteiger partial charge in [0, 0.05) is 6.04 Å². The minimum Gasteiger partial charge on any atom is -0.381 e. The fourth-order valence-electron chi connectivity index (χ4n) is 2.38. The number of nitrogens with one attached hydrogen (secondary N) is 1. The van der Waals surface area contributed by atoms with Crippen molar-refractivity contribution in [3.05, 3.63) is 28.8 Å². The number of hydrogen-bond acceptors (Lipinski definition) is 1. The Morgan fingerprint density at radius 1 is 1.05 bits per heavy atom. The van der Waals surface area contributed by atoms with Gasteiger partial charge in [-0.15, -0.1) is 0 Å². The van der Waals surface area contributed by atoms with Gasteiger partial charge in [-0.3, -0.25) is 0 Å². The maximum absolute atomic E-state index is 12.8. The van der Waals surface area contributed by atoms with Crippen molar-refractivity contribution in [1.29, 1.82) is 0 Å². The molecule has 5 heteroatoms. The summed E-state index contributed by atoms with van der Waals surface area (Å²) in [6.45, 7) is 8.40. The summed E-state index contributed by atoms with van der Waals surface area (Å²) in [5, 5.41) is 3.51. The highest BCUT2D eigenvalue weighted by Gasteiger charge is 2.31. The topological polar surface area (TPSA) is 12.0 Å². The Bertz CT molecular complexity index is 445. The Kier molecular flexibility index (Phi) is 6.39. The molecule has 120 valence electrons. The summed E-state index contributed by atoms with van der Waals surface area (Å²) < 4.78 is 38.4. The van der Waals surface area contributed by atoms with Crippen molar-refractivity contribution < 1.29 is 13.2 Å². The lowest BCUT2D eigenvalue weighted by Gasteiger charge is -2.24. The third-order valence-corrected chi connectivity index (χ3v) is 3.49. The lowest BCUT2D eigenvalue weighted by atomic mass is 9.95. The molecule has 0 aliphatic carbocycles. The first-order valence-corrected chi connectivity index (χ1v) is 7.60. The largest absolute Gasteiger partial charge is 0.416 e. The van der Waals surface area contributed by atoms with Crippen LogP contribution >= 0.6 is 11.6 Å². The first kappa shape index (κ1) is 18.1. The SMILES string of the molecule is CC(C)CC(CC(C)C)Nc1cc(C(F)(F)F)ccc1Cl. The van der Waals surface area contributed by atoms with E-state index in [-0.39, 0.29) is 6.04 Å². The van der Waals surface area contributed by atoms with Crippen molar-refractivity contribution in [2.75, 3.05) is 5.32 Å². The summed E-state index contributed by atoms with van der Waals surface area (Å²) in [5.41, 5.74) is -0.319. The second-order valence-corrected chi connectivity index (χ2v) is 6.70. The zero-order valence-corrected chi connectivity index (χ0v) is 13.6. The van der Waals surface area contributed by atoms with Crippen molar-refractivity contribution in [2.24, 2.45) is 11.8 Å². The lowest BCUT2D eigenvalue weighted by Crippen LogP contribution is -2.24. The average molecular weight is 322 g/mol. The number of alkyl halides is 3. The Morgan fingerprint density at radius 2 is 1.57 bits per heavy atom. The van der Waals surface area contributed by atoms with Gasteiger partial charge < -0.3 is 5.32 Å². The van der Waals surface area contributed by atoms with Gasteiger partial charge in [-0.2, -0.15) is 13.2 Å². The molecule has 1 N–H and O–H groups in total. The summed E-state index contributed by atoms with van der Waals surface area (Å²) >= 11 is 6.03. The van der Waals surface area contributed by atoms with Gasteiger partial charge in [0.25, 0.3) is 0 Å². The van der Waals surface area contributed by atoms with E-state index in [2.05, 4.69) is 33.0 Å². The number of benzene rings is 1. The molecule has 21 heavy (non-hydrogen) atoms. The van der Waals surface area contributed by atoms with Crippen molar-refractivity contribution in [2.45, 2.75) is 52.8 Å². The Balaban J connectivity index is 2.96. The van der Waals surface area contributed by atoms with Crippen LogP contribution in [0.2, 0.25) is 5.02 Å². The van der Waals surface area contributed by atoms with Crippen LogP contribution in [-0.2, 0) is 6.18 Å². The van der Waals surface area contributed by atoms with E-state index in [1.807, 2.05) is 0 Å². The molecule has 0 fully saturated rings. The van der Waals surface area contributed by atoms with Crippen LogP contribution in [0.25, 0.3) is 0 Å². The van der Waals surface area contributed by atoms with Gasteiger partial charge in [0.05, 0.1) is 16.3 Å². The summed E-state index contributed by atoms with van der Waals surface area (Å²) in [5.74, 6) is 0.927. The second-order valence-electron chi connectivity index (χ2n) is 6.29. The average Bonchev–Trinajstić information content (AvgIpc) is 2.28. The Hall–Kier alpha value is -0.900. The fourth-order valence-corrected chi connectivity index (χ4v) is 2.56. The second kappa shape index (κ2) is 7.39. The Morgan fingerprint density at radius 3 is 2.00 bits per heavy atom. The van der Waals surface area contributed by atoms with E-state index in [1.165, 1.54) is 6.07 Å². The minimum absolute atomic E-state index is 0.117. The normalized spacial score (nSPS) is 12.5. The molecule has 0 aliphatic rings. The van der Waals surface area contributed by atoms with E-state index < -0.39 is 11.7 Å². The quantitative estimate of drug-likeness (QED) is 0.654. The summed E-state index contributed by atoms with van der Waals surface area (Å²) in [6.07, 6.45) is -2.57. The van der Waals surface area contributed by atoms with Crippen LogP contribution < -0.4 is 5.32 Å². The molecule has 1 rings (SSSR count). The lowest BCUT2D eigenvalue weighted by molar-refractivity contribution is -0.137. The number of hydrogen-bond donors (Lipinski definition) is 1. The van der Waals surface area contributed by atoms with E-state index in [0.29, 0.717) is 22.5 Å². The highest BCUT2D eigenvalue weighted by molar-refractivity contribution is 6.33. The molecule has 1 aromatic carbocycles. The molecule has 0 radical (unpaired) electrons. The third-order valence-electron chi connectivity index (χ3n) is 3.17. The first-order valence-electron chi connectivity index (χ1n) is 7.23. The van der Waals surface area contributed by atoms with Gasteiger partial charge in [0.15, 0.2) is 0 Å². The molecule has 0 saturated carbocycles. The zero-order valence-electron chi connectivity index (χ0n) is 12.9. The molecule has 0 saturated heterocycles. The maximum atomic E-state index is 12.8. The fraction of sp³-hybridized carbons (Fsp3) is 0.625. The van der Waals surface area contributed by atoms with E-state index in [1.54, 1.807) is 0 Å². The van der Waals surface area contributed by atoms with Gasteiger partial charge in [0.1, 0.15) is 0 Å². The van der Waals surface area contributed by atoms with E-state index >= 15 is 0 Å². The van der Waals surface area contributed by atoms with Crippen LogP contribution in [0.1, 0.15) is 46.1 Å². The molecule has 0 spiro atoms. The summed E-state index contributed by atoms with van der Waals surface area (Å²) in [7, 11) is 0. The molecule has 1 aromatic rings. The number of rotatable bonds is 6. The van der Waals surface area contributed by atoms with Gasteiger partial charge in [-0.25, -0.2) is 0 Å². The first-order chi connectivity index (χ1) is 9.59. The molecule has 0 bridgehead atoms. The van der Waals surface area contributed by atoms with Crippen molar-refractivity contribution >= 4 is 17.3 Å². The third kappa shape index (κ3) is 6.16. The molecule has 1 nitrogen and oxygen atoms in total. The van der Waals surface area contributed by atoms with Gasteiger partial charge in [0.2, 0.25) is 0 Å². The molecule has 0 aliphatic heterocycles. The standard InChI is InChI=1S/C16H23ClF3N/c1-10(2)7-13(8-11(3)4)21-15-9-12(16(18,19)20)5-6-14(15)17/h5-6,9-11,13,21H,7-8H2,1-4H3. The van der Waals surface area contributed by atoms with E-state index in [9.17, 15) is 13.2 Å². The van der Waals surface area contributed by atoms with Gasteiger partial charge in [-0.1, -0.05) is 39.3 Å². The molecule has 0 aromatic heterocycles. The smallest absolute Gasteiger partial charge is 0.381 e. The van der Waals surface area contributed by atoms with Crippen LogP contribution in [0, 0.1) is 11.8 Å². The predicted octanol–water partition coefficient (Wildman–Crippen LogP) is 6.23. The monoisotopic (exact) mass is 321 g/mol. The molecular formula is C16H23ClF3N. The molecule has 0 amide bonds. The van der Waals surface area contributed by atoms with E-state index in [0.717, 1.165) is 25.0 Å². The van der Waals surface area contributed by atoms with E-state index in [4.69, 9.17) is 11.6 Å². The zero-order chi connectivity index (χ0) is 16.2. The molecular weight excluding hydrogens is 299 g/mol. The summed E-state index contributed by atoms with van der Waals surface area (Å²) in [4.78, 5) is 0. The van der Waals surface area contributed by atoms with Crippen LogP contribution in [0.4, 0.5) is 18.9 Å². The highest BCUT2D eigenvalue weighted by atomic mass is 35.5. The van der Waals surface area contributed by atoms with Gasteiger partial charge >= 0.3 is 6.18 Å². The van der Waals surface area contributed by atoms with Crippen molar-refractivity contribution in [3.63, 3.8) is 0 Å². The highest BCUT2D eigenvalue weighted by Crippen LogP contribution is 2.34. The predicted molar refractivity (Wildman–Crippen MR) is 82.8 cm³/mol. The minimum atomic E-state index is -4.35. The van der Waals surface area contributed by atoms with Crippen molar-refractivity contribution in [1.82, 2.24) is 0 Å². The van der Waals surface area contributed by atoms with Gasteiger partial charge in [-0.05, 0) is 42.9 Å².